The number of unbranched alkanes of at least 4 members (excludes halogenated alkanes) is 2. The lowest BCUT2D eigenvalue weighted by molar-refractivity contribution is 0.487. The molecule has 2 aromatic rings. The molecule has 0 saturated carbocycles. The molecule has 0 radical (unpaired) electrons. The summed E-state index contributed by atoms with van der Waals surface area (Å²) in [7, 11) is 0. The Morgan fingerprint density at radius 2 is 2.11 bits per heavy atom. The summed E-state index contributed by atoms with van der Waals surface area (Å²) >= 11 is 0. The number of nitrogens with one attached hydrogen (secondary N) is 1. The number of benzene rings is 1. The predicted octanol–water partition coefficient (Wildman–Crippen LogP) is 5.17. The molecule has 1 unspecified atom stereocenters. The molecule has 0 fully saturated rings. The molecule has 0 saturated heterocycles. The fourth-order valence-electron chi connectivity index (χ4n) is 3.44. The van der Waals surface area contributed by atoms with Crippen LogP contribution in [-0.2, 0) is 6.42 Å². The van der Waals surface area contributed by atoms with Gasteiger partial charge >= 0.3 is 0 Å². The van der Waals surface area contributed by atoms with E-state index in [1.165, 1.54) is 55.8 Å². The Morgan fingerprint density at radius 1 is 1.22 bits per heavy atom. The van der Waals surface area contributed by atoms with Crippen LogP contribution in [0.5, 0.6) is 0 Å². The molecular formula is C17H23N. The highest BCUT2D eigenvalue weighted by Gasteiger charge is 2.23. The first-order chi connectivity index (χ1) is 8.90. The average Bonchev–Trinajstić information content (AvgIpc) is 2.79. The summed E-state index contributed by atoms with van der Waals surface area (Å²) in [5, 5.41) is 1.47. The van der Waals surface area contributed by atoms with Crippen molar-refractivity contribution < 1.29 is 0 Å². The molecule has 0 aliphatic heterocycles. The molecule has 1 aromatic carbocycles. The highest BCUT2D eigenvalue weighted by Crippen LogP contribution is 2.38. The lowest BCUT2D eigenvalue weighted by atomic mass is 9.84. The molecule has 96 valence electrons. The van der Waals surface area contributed by atoms with Crippen molar-refractivity contribution >= 4 is 10.9 Å². The Morgan fingerprint density at radius 3 is 3.00 bits per heavy atom. The summed E-state index contributed by atoms with van der Waals surface area (Å²) in [6.07, 6.45) is 9.47. The third kappa shape index (κ3) is 2.07. The second-order valence-electron chi connectivity index (χ2n) is 5.65. The van der Waals surface area contributed by atoms with Crippen molar-refractivity contribution in [1.29, 1.82) is 0 Å². The van der Waals surface area contributed by atoms with Gasteiger partial charge in [-0.15, -0.1) is 0 Å². The van der Waals surface area contributed by atoms with Gasteiger partial charge in [0.25, 0.3) is 0 Å². The average molecular weight is 241 g/mol. The maximum Gasteiger partial charge on any atom is 0.0459 e. The quantitative estimate of drug-likeness (QED) is 0.711. The molecule has 18 heavy (non-hydrogen) atoms. The minimum atomic E-state index is 0.785. The topological polar surface area (TPSA) is 15.8 Å². The fourth-order valence-corrected chi connectivity index (χ4v) is 3.44. The van der Waals surface area contributed by atoms with Crippen LogP contribution in [0, 0.1) is 0 Å². The predicted molar refractivity (Wildman–Crippen MR) is 78.1 cm³/mol. The molecule has 1 atom stereocenters. The molecule has 0 amide bonds. The van der Waals surface area contributed by atoms with Crippen LogP contribution in [0.2, 0.25) is 0 Å². The van der Waals surface area contributed by atoms with E-state index >= 15 is 0 Å². The number of aryl methyl sites for hydroxylation is 1. The Labute approximate surface area is 110 Å². The highest BCUT2D eigenvalue weighted by atomic mass is 14.7. The SMILES string of the molecule is CCCCCC1CCCc2c1[nH]c1ccccc21. The van der Waals surface area contributed by atoms with E-state index in [1.54, 1.807) is 11.3 Å². The highest BCUT2D eigenvalue weighted by molar-refractivity contribution is 5.85. The van der Waals surface area contributed by atoms with Crippen molar-refractivity contribution in [3.8, 4) is 0 Å². The van der Waals surface area contributed by atoms with Gasteiger partial charge in [0.1, 0.15) is 0 Å². The van der Waals surface area contributed by atoms with Crippen molar-refractivity contribution in [1.82, 2.24) is 4.98 Å². The summed E-state index contributed by atoms with van der Waals surface area (Å²) in [6, 6.07) is 8.80. The van der Waals surface area contributed by atoms with Gasteiger partial charge in [-0.3, -0.25) is 0 Å². The second-order valence-corrected chi connectivity index (χ2v) is 5.65. The van der Waals surface area contributed by atoms with Crippen LogP contribution in [-0.4, -0.2) is 4.98 Å². The van der Waals surface area contributed by atoms with Gasteiger partial charge in [0, 0.05) is 16.6 Å². The normalized spacial score (nSPS) is 19.1. The van der Waals surface area contributed by atoms with E-state index in [0.717, 1.165) is 5.92 Å². The molecule has 1 heterocycles. The monoisotopic (exact) mass is 241 g/mol. The number of para-hydroxylation sites is 1. The zero-order chi connectivity index (χ0) is 12.4. The standard InChI is InChI=1S/C17H23N/c1-2-3-4-8-13-9-7-11-15-14-10-5-6-12-16(14)18-17(13)15/h5-6,10,12-13,18H,2-4,7-9,11H2,1H3. The van der Waals surface area contributed by atoms with Crippen LogP contribution >= 0.6 is 0 Å². The fraction of sp³-hybridized carbons (Fsp3) is 0.529. The third-order valence-corrected chi connectivity index (χ3v) is 4.39. The van der Waals surface area contributed by atoms with Crippen molar-refractivity contribution in [2.75, 3.05) is 0 Å². The van der Waals surface area contributed by atoms with Crippen LogP contribution in [0.4, 0.5) is 0 Å². The zero-order valence-electron chi connectivity index (χ0n) is 11.3. The van der Waals surface area contributed by atoms with Crippen LogP contribution in [0.1, 0.15) is 62.6 Å². The largest absolute Gasteiger partial charge is 0.358 e. The van der Waals surface area contributed by atoms with E-state index in [2.05, 4.69) is 36.2 Å². The van der Waals surface area contributed by atoms with Gasteiger partial charge < -0.3 is 4.98 Å². The van der Waals surface area contributed by atoms with Gasteiger partial charge in [0.05, 0.1) is 0 Å². The molecule has 1 aliphatic carbocycles. The van der Waals surface area contributed by atoms with Crippen LogP contribution < -0.4 is 0 Å². The van der Waals surface area contributed by atoms with Crippen LogP contribution in [0.25, 0.3) is 10.9 Å². The smallest absolute Gasteiger partial charge is 0.0459 e. The minimum Gasteiger partial charge on any atom is -0.358 e. The number of hydrogen-bond acceptors (Lipinski definition) is 0. The first-order valence-electron chi connectivity index (χ1n) is 7.49. The lowest BCUT2D eigenvalue weighted by Gasteiger charge is -2.22. The van der Waals surface area contributed by atoms with E-state index in [0.29, 0.717) is 0 Å². The van der Waals surface area contributed by atoms with Crippen molar-refractivity contribution in [3.63, 3.8) is 0 Å². The van der Waals surface area contributed by atoms with Gasteiger partial charge in [-0.25, -0.2) is 0 Å². The number of rotatable bonds is 4. The van der Waals surface area contributed by atoms with Crippen molar-refractivity contribution in [3.05, 3.63) is 35.5 Å². The second kappa shape index (κ2) is 5.17. The summed E-state index contributed by atoms with van der Waals surface area (Å²) < 4.78 is 0. The Bertz CT molecular complexity index is 523. The Balaban J connectivity index is 1.90. The molecular weight excluding hydrogens is 218 g/mol. The van der Waals surface area contributed by atoms with Crippen LogP contribution in [0.15, 0.2) is 24.3 Å². The first kappa shape index (κ1) is 11.8. The van der Waals surface area contributed by atoms with Gasteiger partial charge in [-0.1, -0.05) is 44.4 Å². The molecule has 1 nitrogen and oxygen atoms in total. The van der Waals surface area contributed by atoms with Gasteiger partial charge in [-0.2, -0.15) is 0 Å². The minimum absolute atomic E-state index is 0.785. The van der Waals surface area contributed by atoms with Gasteiger partial charge in [-0.05, 0) is 43.2 Å². The van der Waals surface area contributed by atoms with E-state index in [1.807, 2.05) is 0 Å². The van der Waals surface area contributed by atoms with Gasteiger partial charge in [0.2, 0.25) is 0 Å². The van der Waals surface area contributed by atoms with E-state index in [-0.39, 0.29) is 0 Å². The summed E-state index contributed by atoms with van der Waals surface area (Å²) in [4.78, 5) is 3.69. The molecule has 0 bridgehead atoms. The van der Waals surface area contributed by atoms with Gasteiger partial charge in [0.15, 0.2) is 0 Å². The molecule has 1 aromatic heterocycles. The van der Waals surface area contributed by atoms with Crippen molar-refractivity contribution in [2.24, 2.45) is 0 Å². The lowest BCUT2D eigenvalue weighted by Crippen LogP contribution is -2.09. The summed E-state index contributed by atoms with van der Waals surface area (Å²) in [5.41, 5.74) is 4.50. The van der Waals surface area contributed by atoms with Crippen molar-refractivity contribution in [2.45, 2.75) is 57.8 Å². The molecule has 3 rings (SSSR count). The number of aromatic nitrogens is 1. The molecule has 1 N–H and O–H groups in total. The number of aromatic amines is 1. The maximum absolute atomic E-state index is 3.69. The summed E-state index contributed by atoms with van der Waals surface area (Å²) in [5.74, 6) is 0.785. The maximum atomic E-state index is 3.69. The Kier molecular flexibility index (Phi) is 3.40. The van der Waals surface area contributed by atoms with E-state index < -0.39 is 0 Å². The first-order valence-corrected chi connectivity index (χ1v) is 7.49. The molecule has 1 heteroatoms. The van der Waals surface area contributed by atoms with Crippen LogP contribution in [0.3, 0.4) is 0 Å². The number of fused-ring (bicyclic) bond motifs is 3. The molecule has 1 aliphatic rings. The zero-order valence-corrected chi connectivity index (χ0v) is 11.3. The Hall–Kier alpha value is -1.24. The van der Waals surface area contributed by atoms with E-state index in [4.69, 9.17) is 0 Å². The number of H-pyrrole nitrogens is 1. The summed E-state index contributed by atoms with van der Waals surface area (Å²) in [6.45, 7) is 2.29. The number of hydrogen-bond donors (Lipinski definition) is 1. The molecule has 0 spiro atoms. The van der Waals surface area contributed by atoms with E-state index in [9.17, 15) is 0 Å². The third-order valence-electron chi connectivity index (χ3n) is 4.39.